The highest BCUT2D eigenvalue weighted by atomic mass is 79.9. The molecule has 3 aromatic carbocycles. The van der Waals surface area contributed by atoms with E-state index < -0.39 is 6.04 Å². The Morgan fingerprint density at radius 3 is 2.26 bits per heavy atom. The van der Waals surface area contributed by atoms with Crippen molar-refractivity contribution in [3.05, 3.63) is 94.5 Å². The number of carbonyl (C=O) groups excluding carboxylic acids is 2. The molecule has 7 heteroatoms. The maximum Gasteiger partial charge on any atom is 0.261 e. The lowest BCUT2D eigenvalue weighted by Gasteiger charge is -2.31. The smallest absolute Gasteiger partial charge is 0.261 e. The van der Waals surface area contributed by atoms with Gasteiger partial charge < -0.3 is 19.7 Å². The molecule has 1 N–H and O–H groups in total. The van der Waals surface area contributed by atoms with E-state index in [1.807, 2.05) is 61.5 Å². The number of rotatable bonds is 11. The number of halogens is 1. The summed E-state index contributed by atoms with van der Waals surface area (Å²) < 4.78 is 11.8. The molecule has 0 heterocycles. The van der Waals surface area contributed by atoms with Crippen LogP contribution in [0, 0.1) is 0 Å². The lowest BCUT2D eigenvalue weighted by Crippen LogP contribution is -2.51. The number of nitrogens with one attached hydrogen (secondary N) is 1. The predicted octanol–water partition coefficient (Wildman–Crippen LogP) is 4.61. The van der Waals surface area contributed by atoms with E-state index in [9.17, 15) is 9.59 Å². The van der Waals surface area contributed by atoms with Crippen molar-refractivity contribution in [3.63, 3.8) is 0 Å². The van der Waals surface area contributed by atoms with Gasteiger partial charge in [0.05, 0.1) is 7.11 Å². The van der Waals surface area contributed by atoms with Crippen LogP contribution in [0.1, 0.15) is 18.1 Å². The summed E-state index contributed by atoms with van der Waals surface area (Å²) in [5.41, 5.74) is 1.89. The Morgan fingerprint density at radius 1 is 0.941 bits per heavy atom. The molecule has 34 heavy (non-hydrogen) atoms. The molecular weight excluding hydrogens is 496 g/mol. The minimum atomic E-state index is -0.687. The van der Waals surface area contributed by atoms with Crippen LogP contribution in [0.2, 0.25) is 0 Å². The minimum Gasteiger partial charge on any atom is -0.497 e. The van der Waals surface area contributed by atoms with E-state index in [0.29, 0.717) is 24.5 Å². The Hall–Kier alpha value is -3.32. The average molecular weight is 525 g/mol. The Balaban J connectivity index is 1.86. The molecule has 0 aliphatic rings. The SMILES string of the molecule is CCNC(=O)[C@@H](Cc1ccccc1)N(Cc1cccc(Br)c1)C(=O)COc1ccc(OC)cc1. The second kappa shape index (κ2) is 12.8. The van der Waals surface area contributed by atoms with Crippen LogP contribution in [0.5, 0.6) is 11.5 Å². The zero-order valence-corrected chi connectivity index (χ0v) is 21.0. The van der Waals surface area contributed by atoms with E-state index >= 15 is 0 Å². The van der Waals surface area contributed by atoms with E-state index in [1.54, 1.807) is 36.3 Å². The van der Waals surface area contributed by atoms with E-state index in [-0.39, 0.29) is 25.0 Å². The largest absolute Gasteiger partial charge is 0.497 e. The number of hydrogen-bond acceptors (Lipinski definition) is 4. The topological polar surface area (TPSA) is 67.9 Å². The summed E-state index contributed by atoms with van der Waals surface area (Å²) in [7, 11) is 1.59. The fraction of sp³-hybridized carbons (Fsp3) is 0.259. The lowest BCUT2D eigenvalue weighted by atomic mass is 10.0. The first kappa shape index (κ1) is 25.3. The van der Waals surface area contributed by atoms with Crippen molar-refractivity contribution in [3.8, 4) is 11.5 Å². The first-order valence-electron chi connectivity index (χ1n) is 11.1. The summed E-state index contributed by atoms with van der Waals surface area (Å²) in [5.74, 6) is 0.783. The van der Waals surface area contributed by atoms with Crippen molar-refractivity contribution in [2.45, 2.75) is 25.9 Å². The molecule has 0 radical (unpaired) electrons. The second-order valence-electron chi connectivity index (χ2n) is 7.72. The van der Waals surface area contributed by atoms with E-state index in [0.717, 1.165) is 15.6 Å². The molecule has 0 spiro atoms. The van der Waals surface area contributed by atoms with Crippen LogP contribution in [-0.4, -0.2) is 43.0 Å². The highest BCUT2D eigenvalue weighted by Gasteiger charge is 2.30. The standard InChI is InChI=1S/C27H29BrN2O4/c1-3-29-27(32)25(17-20-8-5-4-6-9-20)30(18-21-10-7-11-22(28)16-21)26(31)19-34-24-14-12-23(33-2)13-15-24/h4-16,25H,3,17-19H2,1-2H3,(H,29,32)/t25-/m1/s1. The third-order valence-electron chi connectivity index (χ3n) is 5.29. The zero-order chi connectivity index (χ0) is 24.3. The number of hydrogen-bond donors (Lipinski definition) is 1. The summed E-state index contributed by atoms with van der Waals surface area (Å²) >= 11 is 3.49. The van der Waals surface area contributed by atoms with Crippen LogP contribution in [-0.2, 0) is 22.6 Å². The van der Waals surface area contributed by atoms with Crippen molar-refractivity contribution >= 4 is 27.7 Å². The third-order valence-corrected chi connectivity index (χ3v) is 5.78. The average Bonchev–Trinajstić information content (AvgIpc) is 2.85. The zero-order valence-electron chi connectivity index (χ0n) is 19.4. The first-order valence-corrected chi connectivity index (χ1v) is 11.9. The Morgan fingerprint density at radius 2 is 1.62 bits per heavy atom. The fourth-order valence-electron chi connectivity index (χ4n) is 3.58. The number of methoxy groups -OCH3 is 1. The normalized spacial score (nSPS) is 11.4. The molecular formula is C27H29BrN2O4. The van der Waals surface area contributed by atoms with Gasteiger partial charge in [-0.25, -0.2) is 0 Å². The van der Waals surface area contributed by atoms with Gasteiger partial charge in [-0.2, -0.15) is 0 Å². The van der Waals surface area contributed by atoms with Gasteiger partial charge in [0.15, 0.2) is 6.61 Å². The van der Waals surface area contributed by atoms with E-state index in [4.69, 9.17) is 9.47 Å². The van der Waals surface area contributed by atoms with Crippen molar-refractivity contribution < 1.29 is 19.1 Å². The van der Waals surface area contributed by atoms with Crippen LogP contribution in [0.4, 0.5) is 0 Å². The lowest BCUT2D eigenvalue weighted by molar-refractivity contribution is -0.142. The molecule has 6 nitrogen and oxygen atoms in total. The van der Waals surface area contributed by atoms with Crippen LogP contribution in [0.3, 0.4) is 0 Å². The molecule has 0 aromatic heterocycles. The van der Waals surface area contributed by atoms with Gasteiger partial charge in [0.25, 0.3) is 5.91 Å². The van der Waals surface area contributed by atoms with Crippen LogP contribution in [0.25, 0.3) is 0 Å². The minimum absolute atomic E-state index is 0.189. The van der Waals surface area contributed by atoms with Crippen LogP contribution < -0.4 is 14.8 Å². The van der Waals surface area contributed by atoms with Gasteiger partial charge in [-0.3, -0.25) is 9.59 Å². The summed E-state index contributed by atoms with van der Waals surface area (Å²) in [6, 6.07) is 23.8. The van der Waals surface area contributed by atoms with Crippen LogP contribution >= 0.6 is 15.9 Å². The molecule has 0 aliphatic heterocycles. The molecule has 3 rings (SSSR count). The van der Waals surface area contributed by atoms with Gasteiger partial charge in [-0.1, -0.05) is 58.4 Å². The van der Waals surface area contributed by atoms with Crippen molar-refractivity contribution in [1.29, 1.82) is 0 Å². The Labute approximate surface area is 209 Å². The monoisotopic (exact) mass is 524 g/mol. The molecule has 178 valence electrons. The molecule has 0 saturated heterocycles. The summed E-state index contributed by atoms with van der Waals surface area (Å²) in [5, 5.41) is 2.89. The summed E-state index contributed by atoms with van der Waals surface area (Å²) in [6.45, 7) is 2.43. The van der Waals surface area contributed by atoms with Crippen molar-refractivity contribution in [1.82, 2.24) is 10.2 Å². The van der Waals surface area contributed by atoms with E-state index in [2.05, 4.69) is 21.2 Å². The summed E-state index contributed by atoms with van der Waals surface area (Å²) in [6.07, 6.45) is 0.398. The molecule has 1 atom stereocenters. The van der Waals surface area contributed by atoms with Gasteiger partial charge in [0, 0.05) is 24.0 Å². The highest BCUT2D eigenvalue weighted by molar-refractivity contribution is 9.10. The second-order valence-corrected chi connectivity index (χ2v) is 8.63. The van der Waals surface area contributed by atoms with Gasteiger partial charge in [0.2, 0.25) is 5.91 Å². The fourth-order valence-corrected chi connectivity index (χ4v) is 4.02. The van der Waals surface area contributed by atoms with Gasteiger partial charge in [-0.05, 0) is 54.4 Å². The number of nitrogens with zero attached hydrogens (tertiary/aromatic N) is 1. The maximum absolute atomic E-state index is 13.5. The molecule has 0 aliphatic carbocycles. The highest BCUT2D eigenvalue weighted by Crippen LogP contribution is 2.20. The molecule has 0 unspecified atom stereocenters. The van der Waals surface area contributed by atoms with Gasteiger partial charge in [-0.15, -0.1) is 0 Å². The summed E-state index contributed by atoms with van der Waals surface area (Å²) in [4.78, 5) is 28.2. The number of ether oxygens (including phenoxy) is 2. The Bertz CT molecular complexity index is 1070. The van der Waals surface area contributed by atoms with Crippen molar-refractivity contribution in [2.75, 3.05) is 20.3 Å². The number of benzene rings is 3. The van der Waals surface area contributed by atoms with Crippen LogP contribution in [0.15, 0.2) is 83.3 Å². The third kappa shape index (κ3) is 7.35. The predicted molar refractivity (Wildman–Crippen MR) is 136 cm³/mol. The van der Waals surface area contributed by atoms with Gasteiger partial charge in [0.1, 0.15) is 17.5 Å². The number of amides is 2. The number of likely N-dealkylation sites (N-methyl/N-ethyl adjacent to an activating group) is 1. The molecule has 2 amide bonds. The first-order chi connectivity index (χ1) is 16.5. The molecule has 0 saturated carbocycles. The van der Waals surface area contributed by atoms with Crippen molar-refractivity contribution in [2.24, 2.45) is 0 Å². The molecule has 0 fully saturated rings. The number of carbonyl (C=O) groups is 2. The maximum atomic E-state index is 13.5. The quantitative estimate of drug-likeness (QED) is 0.397. The van der Waals surface area contributed by atoms with Gasteiger partial charge >= 0.3 is 0 Å². The van der Waals surface area contributed by atoms with E-state index in [1.165, 1.54) is 0 Å². The molecule has 3 aromatic rings. The Kier molecular flexibility index (Phi) is 9.52. The molecule has 0 bridgehead atoms.